The third-order valence-electron chi connectivity index (χ3n) is 5.66. The van der Waals surface area contributed by atoms with Crippen LogP contribution in [0, 0.1) is 0 Å². The lowest BCUT2D eigenvalue weighted by Crippen LogP contribution is -2.53. The van der Waals surface area contributed by atoms with Crippen molar-refractivity contribution in [2.45, 2.75) is 25.8 Å². The third kappa shape index (κ3) is 4.86. The molecule has 0 aliphatic carbocycles. The zero-order valence-corrected chi connectivity index (χ0v) is 16.2. The number of piperazine rings is 1. The second-order valence-electron chi connectivity index (χ2n) is 7.38. The first kappa shape index (κ1) is 18.9. The zero-order valence-electron chi connectivity index (χ0n) is 16.2. The molecule has 1 aromatic carbocycles. The van der Waals surface area contributed by atoms with Gasteiger partial charge in [0, 0.05) is 51.9 Å². The highest BCUT2D eigenvalue weighted by molar-refractivity contribution is 5.76. The second-order valence-corrected chi connectivity index (χ2v) is 7.38. The van der Waals surface area contributed by atoms with Crippen molar-refractivity contribution in [3.8, 4) is 0 Å². The van der Waals surface area contributed by atoms with Gasteiger partial charge in [-0.05, 0) is 31.0 Å². The van der Waals surface area contributed by atoms with Gasteiger partial charge in [0.1, 0.15) is 0 Å². The number of benzene rings is 1. The third-order valence-corrected chi connectivity index (χ3v) is 5.66. The Labute approximate surface area is 157 Å². The van der Waals surface area contributed by atoms with Gasteiger partial charge in [-0.15, -0.1) is 0 Å². The Hall–Kier alpha value is -1.85. The highest BCUT2D eigenvalue weighted by Crippen LogP contribution is 2.21. The van der Waals surface area contributed by atoms with Crippen molar-refractivity contribution in [3.05, 3.63) is 42.0 Å². The Bertz CT molecular complexity index is 608. The van der Waals surface area contributed by atoms with Crippen LogP contribution in [-0.4, -0.2) is 79.6 Å². The smallest absolute Gasteiger partial charge is 0.317 e. The summed E-state index contributed by atoms with van der Waals surface area (Å²) in [5.41, 5.74) is 2.62. The number of likely N-dealkylation sites (N-methyl/N-ethyl adjacent to an activating group) is 1. The number of carbonyl (C=O) groups is 1. The maximum absolute atomic E-state index is 12.6. The Morgan fingerprint density at radius 1 is 1.12 bits per heavy atom. The van der Waals surface area contributed by atoms with E-state index in [1.54, 1.807) is 0 Å². The first-order valence-corrected chi connectivity index (χ1v) is 9.87. The number of nitrogens with one attached hydrogen (secondary N) is 1. The molecule has 3 rings (SSSR count). The Balaban J connectivity index is 1.47. The molecule has 1 unspecified atom stereocenters. The van der Waals surface area contributed by atoms with Crippen LogP contribution in [0.1, 0.15) is 25.3 Å². The minimum atomic E-state index is 0.0703. The number of hydrogen-bond donors (Lipinski definition) is 1. The summed E-state index contributed by atoms with van der Waals surface area (Å²) in [7, 11) is 2.17. The van der Waals surface area contributed by atoms with Crippen LogP contribution in [0.15, 0.2) is 36.4 Å². The molecule has 1 fully saturated rings. The van der Waals surface area contributed by atoms with E-state index in [0.29, 0.717) is 12.6 Å². The van der Waals surface area contributed by atoms with Gasteiger partial charge in [-0.1, -0.05) is 43.3 Å². The van der Waals surface area contributed by atoms with Gasteiger partial charge < -0.3 is 15.1 Å². The number of hydrogen-bond acceptors (Lipinski definition) is 3. The SMILES string of the molecule is CCC(CNC(=O)N1CC=C(c2ccccc2)CC1)N1CCN(C)CC1. The number of nitrogens with zero attached hydrogens (tertiary/aromatic N) is 3. The van der Waals surface area contributed by atoms with Gasteiger partial charge in [0.05, 0.1) is 0 Å². The van der Waals surface area contributed by atoms with Gasteiger partial charge in [-0.3, -0.25) is 4.90 Å². The first-order valence-electron chi connectivity index (χ1n) is 9.87. The van der Waals surface area contributed by atoms with Crippen LogP contribution in [0.3, 0.4) is 0 Å². The maximum atomic E-state index is 12.6. The van der Waals surface area contributed by atoms with Crippen LogP contribution >= 0.6 is 0 Å². The van der Waals surface area contributed by atoms with Crippen molar-refractivity contribution in [1.82, 2.24) is 20.0 Å². The fourth-order valence-electron chi connectivity index (χ4n) is 3.80. The molecule has 2 aliphatic rings. The van der Waals surface area contributed by atoms with E-state index in [4.69, 9.17) is 0 Å². The molecule has 0 aromatic heterocycles. The molecular weight excluding hydrogens is 324 g/mol. The summed E-state index contributed by atoms with van der Waals surface area (Å²) in [6.45, 7) is 8.86. The average molecular weight is 357 g/mol. The predicted molar refractivity (Wildman–Crippen MR) is 107 cm³/mol. The minimum absolute atomic E-state index is 0.0703. The van der Waals surface area contributed by atoms with E-state index in [0.717, 1.165) is 52.1 Å². The molecular formula is C21H32N4O. The molecule has 1 atom stereocenters. The predicted octanol–water partition coefficient (Wildman–Crippen LogP) is 2.51. The van der Waals surface area contributed by atoms with E-state index >= 15 is 0 Å². The lowest BCUT2D eigenvalue weighted by atomic mass is 10.00. The number of amides is 2. The molecule has 1 N–H and O–H groups in total. The molecule has 1 saturated heterocycles. The van der Waals surface area contributed by atoms with Crippen LogP contribution in [0.5, 0.6) is 0 Å². The van der Waals surface area contributed by atoms with E-state index in [-0.39, 0.29) is 6.03 Å². The summed E-state index contributed by atoms with van der Waals surface area (Å²) in [6.07, 6.45) is 4.19. The molecule has 0 bridgehead atoms. The highest BCUT2D eigenvalue weighted by atomic mass is 16.2. The summed E-state index contributed by atoms with van der Waals surface area (Å²) in [6, 6.07) is 11.0. The Morgan fingerprint density at radius 3 is 2.46 bits per heavy atom. The quantitative estimate of drug-likeness (QED) is 0.881. The molecule has 5 heteroatoms. The highest BCUT2D eigenvalue weighted by Gasteiger charge is 2.23. The van der Waals surface area contributed by atoms with Crippen LogP contribution in [0.2, 0.25) is 0 Å². The molecule has 26 heavy (non-hydrogen) atoms. The molecule has 0 saturated carbocycles. The summed E-state index contributed by atoms with van der Waals surface area (Å²) < 4.78 is 0. The van der Waals surface area contributed by atoms with E-state index in [2.05, 4.69) is 59.4 Å². The molecule has 2 heterocycles. The minimum Gasteiger partial charge on any atom is -0.336 e. The molecule has 2 aliphatic heterocycles. The lowest BCUT2D eigenvalue weighted by Gasteiger charge is -2.38. The van der Waals surface area contributed by atoms with Crippen molar-refractivity contribution < 1.29 is 4.79 Å². The molecule has 0 spiro atoms. The summed E-state index contributed by atoms with van der Waals surface area (Å²) >= 11 is 0. The van der Waals surface area contributed by atoms with Gasteiger partial charge in [0.2, 0.25) is 0 Å². The van der Waals surface area contributed by atoms with E-state index in [1.165, 1.54) is 11.1 Å². The van der Waals surface area contributed by atoms with E-state index in [9.17, 15) is 4.79 Å². The standard InChI is InChI=1S/C21H32N4O/c1-3-20(24-15-13-23(2)14-16-24)17-22-21(26)25-11-9-19(10-12-25)18-7-5-4-6-8-18/h4-9,20H,3,10-17H2,1-2H3,(H,22,26). The fraction of sp³-hybridized carbons (Fsp3) is 0.571. The summed E-state index contributed by atoms with van der Waals surface area (Å²) in [5.74, 6) is 0. The normalized spacial score (nSPS) is 20.5. The van der Waals surface area contributed by atoms with Crippen LogP contribution < -0.4 is 5.32 Å². The monoisotopic (exact) mass is 356 g/mol. The Kier molecular flexibility index (Phi) is 6.69. The van der Waals surface area contributed by atoms with E-state index in [1.807, 2.05) is 11.0 Å². The zero-order chi connectivity index (χ0) is 18.4. The topological polar surface area (TPSA) is 38.8 Å². The van der Waals surface area contributed by atoms with Crippen molar-refractivity contribution in [2.24, 2.45) is 0 Å². The molecule has 5 nitrogen and oxygen atoms in total. The summed E-state index contributed by atoms with van der Waals surface area (Å²) in [4.78, 5) is 19.4. The van der Waals surface area contributed by atoms with Crippen LogP contribution in [0.25, 0.3) is 5.57 Å². The lowest BCUT2D eigenvalue weighted by molar-refractivity contribution is 0.107. The maximum Gasteiger partial charge on any atom is 0.317 e. The Morgan fingerprint density at radius 2 is 1.85 bits per heavy atom. The van der Waals surface area contributed by atoms with Gasteiger partial charge in [0.15, 0.2) is 0 Å². The van der Waals surface area contributed by atoms with Gasteiger partial charge >= 0.3 is 6.03 Å². The number of rotatable bonds is 5. The number of urea groups is 1. The van der Waals surface area contributed by atoms with Gasteiger partial charge in [-0.25, -0.2) is 4.79 Å². The van der Waals surface area contributed by atoms with Crippen molar-refractivity contribution >= 4 is 11.6 Å². The van der Waals surface area contributed by atoms with Crippen molar-refractivity contribution in [1.29, 1.82) is 0 Å². The molecule has 2 amide bonds. The van der Waals surface area contributed by atoms with Gasteiger partial charge in [-0.2, -0.15) is 0 Å². The molecule has 142 valence electrons. The second kappa shape index (κ2) is 9.19. The summed E-state index contributed by atoms with van der Waals surface area (Å²) in [5, 5.41) is 3.17. The molecule has 0 radical (unpaired) electrons. The average Bonchev–Trinajstić information content (AvgIpc) is 2.70. The van der Waals surface area contributed by atoms with Crippen LogP contribution in [0.4, 0.5) is 4.79 Å². The van der Waals surface area contributed by atoms with Crippen LogP contribution in [-0.2, 0) is 0 Å². The van der Waals surface area contributed by atoms with E-state index < -0.39 is 0 Å². The fourth-order valence-corrected chi connectivity index (χ4v) is 3.80. The number of carbonyl (C=O) groups excluding carboxylic acids is 1. The first-order chi connectivity index (χ1) is 12.7. The van der Waals surface area contributed by atoms with Gasteiger partial charge in [0.25, 0.3) is 0 Å². The molecule has 1 aromatic rings. The largest absolute Gasteiger partial charge is 0.336 e. The van der Waals surface area contributed by atoms with Crippen molar-refractivity contribution in [2.75, 3.05) is 52.9 Å². The van der Waals surface area contributed by atoms with Crippen molar-refractivity contribution in [3.63, 3.8) is 0 Å².